The van der Waals surface area contributed by atoms with Gasteiger partial charge in [-0.15, -0.1) is 0 Å². The Labute approximate surface area is 65.0 Å². The average molecular weight is 150 g/mol. The molecule has 1 N–H and O–H groups in total. The molecule has 2 rings (SSSR count). The molecule has 1 aromatic heterocycles. The third-order valence-corrected chi connectivity index (χ3v) is 1.78. The van der Waals surface area contributed by atoms with Crippen molar-refractivity contribution in [3.05, 3.63) is 12.0 Å². The summed E-state index contributed by atoms with van der Waals surface area (Å²) in [6, 6.07) is 0. The first kappa shape index (κ1) is 6.39. The van der Waals surface area contributed by atoms with Gasteiger partial charge in [0, 0.05) is 7.05 Å². The Morgan fingerprint density at radius 1 is 1.64 bits per heavy atom. The lowest BCUT2D eigenvalue weighted by Crippen LogP contribution is -2.15. The van der Waals surface area contributed by atoms with Crippen molar-refractivity contribution in [1.29, 1.82) is 0 Å². The summed E-state index contributed by atoms with van der Waals surface area (Å²) in [6.07, 6.45) is 1.80. The van der Waals surface area contributed by atoms with Crippen molar-refractivity contribution >= 4 is 11.7 Å². The maximum absolute atomic E-state index is 4.21. The highest BCUT2D eigenvalue weighted by Crippen LogP contribution is 2.17. The van der Waals surface area contributed by atoms with Gasteiger partial charge in [0.25, 0.3) is 0 Å². The van der Waals surface area contributed by atoms with Crippen molar-refractivity contribution in [1.82, 2.24) is 9.55 Å². The van der Waals surface area contributed by atoms with Crippen molar-refractivity contribution in [2.45, 2.75) is 13.5 Å². The van der Waals surface area contributed by atoms with Gasteiger partial charge in [0.1, 0.15) is 11.5 Å². The summed E-state index contributed by atoms with van der Waals surface area (Å²) in [5.41, 5.74) is 1.03. The number of aromatic nitrogens is 2. The molecule has 0 unspecified atom stereocenters. The zero-order chi connectivity index (χ0) is 7.84. The van der Waals surface area contributed by atoms with E-state index in [0.29, 0.717) is 6.54 Å². The molecule has 4 heteroatoms. The van der Waals surface area contributed by atoms with E-state index in [1.807, 2.05) is 18.5 Å². The van der Waals surface area contributed by atoms with Crippen LogP contribution in [0.1, 0.15) is 12.6 Å². The van der Waals surface area contributed by atoms with Gasteiger partial charge >= 0.3 is 0 Å². The smallest absolute Gasteiger partial charge is 0.136 e. The van der Waals surface area contributed by atoms with Crippen LogP contribution in [0.5, 0.6) is 0 Å². The second-order valence-corrected chi connectivity index (χ2v) is 2.68. The van der Waals surface area contributed by atoms with Gasteiger partial charge in [-0.25, -0.2) is 4.98 Å². The molecule has 0 aliphatic carbocycles. The van der Waals surface area contributed by atoms with E-state index in [2.05, 4.69) is 15.3 Å². The van der Waals surface area contributed by atoms with Crippen molar-refractivity contribution in [2.24, 2.45) is 12.0 Å². The van der Waals surface area contributed by atoms with Gasteiger partial charge in [-0.3, -0.25) is 4.99 Å². The van der Waals surface area contributed by atoms with Crippen molar-refractivity contribution in [3.63, 3.8) is 0 Å². The lowest BCUT2D eigenvalue weighted by Gasteiger charge is -2.12. The number of hydrogen-bond donors (Lipinski definition) is 1. The van der Waals surface area contributed by atoms with Gasteiger partial charge in [-0.1, -0.05) is 0 Å². The minimum atomic E-state index is 0.703. The van der Waals surface area contributed by atoms with E-state index < -0.39 is 0 Å². The van der Waals surface area contributed by atoms with Crippen molar-refractivity contribution in [3.8, 4) is 0 Å². The van der Waals surface area contributed by atoms with Gasteiger partial charge < -0.3 is 9.88 Å². The molecule has 0 radical (unpaired) electrons. The van der Waals surface area contributed by atoms with Crippen molar-refractivity contribution in [2.75, 3.05) is 5.32 Å². The fourth-order valence-electron chi connectivity index (χ4n) is 1.16. The topological polar surface area (TPSA) is 42.2 Å². The highest BCUT2D eigenvalue weighted by atomic mass is 15.2. The van der Waals surface area contributed by atoms with E-state index in [0.717, 1.165) is 17.3 Å². The molecule has 0 saturated heterocycles. The zero-order valence-corrected chi connectivity index (χ0v) is 6.63. The number of aryl methyl sites for hydroxylation is 1. The molecular weight excluding hydrogens is 140 g/mol. The number of imidazole rings is 1. The molecule has 1 aliphatic heterocycles. The number of nitrogens with one attached hydrogen (secondary N) is 1. The number of hydrogen-bond acceptors (Lipinski definition) is 3. The summed E-state index contributed by atoms with van der Waals surface area (Å²) in [5, 5.41) is 3.16. The van der Waals surface area contributed by atoms with Crippen LogP contribution in [0.25, 0.3) is 0 Å². The fraction of sp³-hybridized carbons (Fsp3) is 0.429. The standard InChI is InChI=1S/C7H10N4/c1-5-8-3-6-7(10-5)11(2)4-9-6/h4H,3H2,1-2H3,(H,8,10). The first-order chi connectivity index (χ1) is 5.27. The van der Waals surface area contributed by atoms with Crippen LogP contribution in [0.2, 0.25) is 0 Å². The predicted molar refractivity (Wildman–Crippen MR) is 43.6 cm³/mol. The van der Waals surface area contributed by atoms with Crippen LogP contribution in [0.4, 0.5) is 5.82 Å². The molecule has 0 saturated carbocycles. The van der Waals surface area contributed by atoms with Gasteiger partial charge in [0.2, 0.25) is 0 Å². The first-order valence-corrected chi connectivity index (χ1v) is 3.55. The summed E-state index contributed by atoms with van der Waals surface area (Å²) in [6.45, 7) is 2.66. The second kappa shape index (κ2) is 2.08. The second-order valence-electron chi connectivity index (χ2n) is 2.68. The Morgan fingerprint density at radius 2 is 2.45 bits per heavy atom. The molecule has 4 nitrogen and oxygen atoms in total. The van der Waals surface area contributed by atoms with E-state index in [1.54, 1.807) is 6.33 Å². The third-order valence-electron chi connectivity index (χ3n) is 1.78. The number of anilines is 1. The third kappa shape index (κ3) is 0.906. The van der Waals surface area contributed by atoms with Gasteiger partial charge in [-0.05, 0) is 6.92 Å². The van der Waals surface area contributed by atoms with Crippen LogP contribution in [0.15, 0.2) is 11.3 Å². The summed E-state index contributed by atoms with van der Waals surface area (Å²) in [4.78, 5) is 8.40. The monoisotopic (exact) mass is 150 g/mol. The molecule has 0 aromatic carbocycles. The fourth-order valence-corrected chi connectivity index (χ4v) is 1.16. The minimum Gasteiger partial charge on any atom is -0.329 e. The van der Waals surface area contributed by atoms with Crippen molar-refractivity contribution < 1.29 is 0 Å². The maximum atomic E-state index is 4.21. The summed E-state index contributed by atoms with van der Waals surface area (Å²) in [7, 11) is 1.97. The normalized spacial score (nSPS) is 15.3. The Kier molecular flexibility index (Phi) is 1.21. The molecule has 0 fully saturated rings. The summed E-state index contributed by atoms with van der Waals surface area (Å²) < 4.78 is 1.97. The Bertz CT molecular complexity index is 310. The molecule has 1 aromatic rings. The highest BCUT2D eigenvalue weighted by Gasteiger charge is 2.12. The summed E-state index contributed by atoms with van der Waals surface area (Å²) >= 11 is 0. The molecule has 2 heterocycles. The highest BCUT2D eigenvalue weighted by molar-refractivity contribution is 5.94. The molecular formula is C7H10N4. The predicted octanol–water partition coefficient (Wildman–Crippen LogP) is 0.764. The number of aliphatic imine (C=N–C) groups is 1. The zero-order valence-electron chi connectivity index (χ0n) is 6.63. The number of amidine groups is 1. The molecule has 0 bridgehead atoms. The lowest BCUT2D eigenvalue weighted by molar-refractivity contribution is 0.916. The van der Waals surface area contributed by atoms with E-state index in [1.165, 1.54) is 0 Å². The molecule has 0 atom stereocenters. The Morgan fingerprint density at radius 3 is 3.27 bits per heavy atom. The molecule has 0 amide bonds. The van der Waals surface area contributed by atoms with Crippen LogP contribution in [-0.2, 0) is 13.6 Å². The van der Waals surface area contributed by atoms with Gasteiger partial charge in [-0.2, -0.15) is 0 Å². The lowest BCUT2D eigenvalue weighted by atomic mass is 10.3. The van der Waals surface area contributed by atoms with Crippen LogP contribution in [-0.4, -0.2) is 15.4 Å². The van der Waals surface area contributed by atoms with E-state index in [9.17, 15) is 0 Å². The molecule has 58 valence electrons. The largest absolute Gasteiger partial charge is 0.329 e. The number of rotatable bonds is 0. The molecule has 0 spiro atoms. The molecule has 1 aliphatic rings. The van der Waals surface area contributed by atoms with E-state index >= 15 is 0 Å². The van der Waals surface area contributed by atoms with Gasteiger partial charge in [0.05, 0.1) is 18.7 Å². The van der Waals surface area contributed by atoms with Crippen LogP contribution in [0, 0.1) is 0 Å². The Balaban J connectivity index is 2.44. The van der Waals surface area contributed by atoms with E-state index in [-0.39, 0.29) is 0 Å². The van der Waals surface area contributed by atoms with Crippen LogP contribution in [0.3, 0.4) is 0 Å². The van der Waals surface area contributed by atoms with E-state index in [4.69, 9.17) is 0 Å². The quantitative estimate of drug-likeness (QED) is 0.593. The SMILES string of the molecule is CC1=NCc2ncn(C)c2N1. The minimum absolute atomic E-state index is 0.703. The van der Waals surface area contributed by atoms with Gasteiger partial charge in [0.15, 0.2) is 0 Å². The number of fused-ring (bicyclic) bond motifs is 1. The summed E-state index contributed by atoms with van der Waals surface area (Å²) in [5.74, 6) is 2.03. The Hall–Kier alpha value is -1.32. The van der Waals surface area contributed by atoms with Crippen LogP contribution >= 0.6 is 0 Å². The number of nitrogens with zero attached hydrogens (tertiary/aromatic N) is 3. The first-order valence-electron chi connectivity index (χ1n) is 3.55. The average Bonchev–Trinajstić information content (AvgIpc) is 2.33. The maximum Gasteiger partial charge on any atom is 0.136 e. The van der Waals surface area contributed by atoms with Crippen LogP contribution < -0.4 is 5.32 Å². The molecule has 11 heavy (non-hydrogen) atoms.